The van der Waals surface area contributed by atoms with Gasteiger partial charge in [-0.3, -0.25) is 16.0 Å². The van der Waals surface area contributed by atoms with Crippen molar-refractivity contribution in [3.63, 3.8) is 0 Å². The number of hydrazine groups is 1. The fourth-order valence-electron chi connectivity index (χ4n) is 1.56. The van der Waals surface area contributed by atoms with Crippen molar-refractivity contribution < 1.29 is 0 Å². The molecule has 0 amide bonds. The molecule has 0 fully saturated rings. The number of hydrogen-bond acceptors (Lipinski definition) is 5. The third kappa shape index (κ3) is 2.46. The standard InChI is InChI=1S/C10H15N5S/c1-7-6-16-10(13-7)3-9(14-11)8-4-12-15(2)5-8/h4-6,9,14H,3,11H2,1-2H3. The molecule has 1 unspecified atom stereocenters. The second-order valence-electron chi connectivity index (χ2n) is 3.75. The van der Waals surface area contributed by atoms with E-state index < -0.39 is 0 Å². The predicted molar refractivity (Wildman–Crippen MR) is 63.8 cm³/mol. The molecule has 1 atom stereocenters. The Bertz CT molecular complexity index is 461. The smallest absolute Gasteiger partial charge is 0.0947 e. The second kappa shape index (κ2) is 4.73. The van der Waals surface area contributed by atoms with Crippen LogP contribution >= 0.6 is 11.3 Å². The van der Waals surface area contributed by atoms with Gasteiger partial charge in [0, 0.05) is 36.3 Å². The van der Waals surface area contributed by atoms with Gasteiger partial charge in [0.25, 0.3) is 0 Å². The van der Waals surface area contributed by atoms with Crippen LogP contribution in [0.5, 0.6) is 0 Å². The van der Waals surface area contributed by atoms with E-state index in [0.29, 0.717) is 0 Å². The number of aryl methyl sites for hydroxylation is 2. The summed E-state index contributed by atoms with van der Waals surface area (Å²) in [4.78, 5) is 4.43. The lowest BCUT2D eigenvalue weighted by molar-refractivity contribution is 0.550. The van der Waals surface area contributed by atoms with E-state index in [4.69, 9.17) is 5.84 Å². The van der Waals surface area contributed by atoms with Crippen LogP contribution in [0.25, 0.3) is 0 Å². The molecule has 5 nitrogen and oxygen atoms in total. The maximum absolute atomic E-state index is 5.56. The molecule has 0 aromatic carbocycles. The Morgan fingerprint density at radius 3 is 2.94 bits per heavy atom. The topological polar surface area (TPSA) is 68.8 Å². The molecule has 0 aliphatic carbocycles. The van der Waals surface area contributed by atoms with Gasteiger partial charge in [-0.25, -0.2) is 4.98 Å². The molecule has 2 aromatic heterocycles. The van der Waals surface area contributed by atoms with Gasteiger partial charge in [0.1, 0.15) is 0 Å². The number of nitrogens with one attached hydrogen (secondary N) is 1. The van der Waals surface area contributed by atoms with Gasteiger partial charge >= 0.3 is 0 Å². The first-order chi connectivity index (χ1) is 7.69. The Balaban J connectivity index is 2.12. The monoisotopic (exact) mass is 237 g/mol. The molecule has 0 aliphatic heterocycles. The first kappa shape index (κ1) is 11.3. The Kier molecular flexibility index (Phi) is 3.33. The number of thiazole rings is 1. The maximum atomic E-state index is 5.56. The Morgan fingerprint density at radius 2 is 2.44 bits per heavy atom. The molecular weight excluding hydrogens is 222 g/mol. The third-order valence-corrected chi connectivity index (χ3v) is 3.36. The summed E-state index contributed by atoms with van der Waals surface area (Å²) in [5, 5.41) is 7.27. The van der Waals surface area contributed by atoms with Gasteiger partial charge in [0.2, 0.25) is 0 Å². The highest BCUT2D eigenvalue weighted by molar-refractivity contribution is 7.09. The van der Waals surface area contributed by atoms with E-state index in [1.165, 1.54) is 0 Å². The van der Waals surface area contributed by atoms with Gasteiger partial charge in [-0.05, 0) is 6.92 Å². The van der Waals surface area contributed by atoms with E-state index in [9.17, 15) is 0 Å². The zero-order valence-corrected chi connectivity index (χ0v) is 10.2. The van der Waals surface area contributed by atoms with E-state index in [-0.39, 0.29) is 6.04 Å². The summed E-state index contributed by atoms with van der Waals surface area (Å²) in [5.41, 5.74) is 4.94. The Morgan fingerprint density at radius 1 is 1.62 bits per heavy atom. The molecule has 0 radical (unpaired) electrons. The summed E-state index contributed by atoms with van der Waals surface area (Å²) in [6, 6.07) is 0.0687. The second-order valence-corrected chi connectivity index (χ2v) is 4.70. The molecule has 0 spiro atoms. The fraction of sp³-hybridized carbons (Fsp3) is 0.400. The van der Waals surface area contributed by atoms with Crippen LogP contribution in [0.15, 0.2) is 17.8 Å². The summed E-state index contributed by atoms with van der Waals surface area (Å²) in [6.07, 6.45) is 4.58. The Labute approximate surface area is 98.3 Å². The minimum Gasteiger partial charge on any atom is -0.275 e. The highest BCUT2D eigenvalue weighted by Gasteiger charge is 2.14. The van der Waals surface area contributed by atoms with E-state index in [2.05, 4.69) is 15.5 Å². The first-order valence-corrected chi connectivity index (χ1v) is 5.92. The molecule has 0 aliphatic rings. The molecule has 86 valence electrons. The van der Waals surface area contributed by atoms with Gasteiger partial charge in [-0.15, -0.1) is 11.3 Å². The lowest BCUT2D eigenvalue weighted by Crippen LogP contribution is -2.29. The molecule has 0 bridgehead atoms. The normalized spacial score (nSPS) is 12.9. The molecule has 0 saturated carbocycles. The van der Waals surface area contributed by atoms with E-state index >= 15 is 0 Å². The lowest BCUT2D eigenvalue weighted by atomic mass is 10.1. The van der Waals surface area contributed by atoms with Gasteiger partial charge < -0.3 is 0 Å². The summed E-state index contributed by atoms with van der Waals surface area (Å²) in [7, 11) is 1.89. The largest absolute Gasteiger partial charge is 0.275 e. The van der Waals surface area contributed by atoms with Gasteiger partial charge in [-0.1, -0.05) is 0 Å². The van der Waals surface area contributed by atoms with Gasteiger partial charge in [0.15, 0.2) is 0 Å². The predicted octanol–water partition coefficient (Wildman–Crippen LogP) is 0.932. The van der Waals surface area contributed by atoms with Crippen LogP contribution in [0.2, 0.25) is 0 Å². The van der Waals surface area contributed by atoms with Crippen LogP contribution in [0.1, 0.15) is 22.3 Å². The minimum absolute atomic E-state index is 0.0687. The molecule has 2 heterocycles. The summed E-state index contributed by atoms with van der Waals surface area (Å²) >= 11 is 1.66. The highest BCUT2D eigenvalue weighted by Crippen LogP contribution is 2.19. The van der Waals surface area contributed by atoms with E-state index in [0.717, 1.165) is 22.7 Å². The average Bonchev–Trinajstić information content (AvgIpc) is 2.84. The average molecular weight is 237 g/mol. The zero-order chi connectivity index (χ0) is 11.5. The van der Waals surface area contributed by atoms with E-state index in [1.807, 2.05) is 31.7 Å². The third-order valence-electron chi connectivity index (χ3n) is 2.37. The van der Waals surface area contributed by atoms with Crippen molar-refractivity contribution >= 4 is 11.3 Å². The maximum Gasteiger partial charge on any atom is 0.0947 e. The quantitative estimate of drug-likeness (QED) is 0.613. The van der Waals surface area contributed by atoms with Gasteiger partial charge in [0.05, 0.1) is 17.2 Å². The molecule has 16 heavy (non-hydrogen) atoms. The number of nitrogens with two attached hydrogens (primary N) is 1. The lowest BCUT2D eigenvalue weighted by Gasteiger charge is -2.11. The molecule has 3 N–H and O–H groups in total. The van der Waals surface area contributed by atoms with Crippen molar-refractivity contribution in [1.82, 2.24) is 20.2 Å². The van der Waals surface area contributed by atoms with Crippen LogP contribution in [0.3, 0.4) is 0 Å². The number of hydrogen-bond donors (Lipinski definition) is 2. The number of aromatic nitrogens is 3. The molecule has 6 heteroatoms. The van der Waals surface area contributed by atoms with Crippen molar-refractivity contribution in [2.45, 2.75) is 19.4 Å². The number of rotatable bonds is 4. The zero-order valence-electron chi connectivity index (χ0n) is 9.34. The number of nitrogens with zero attached hydrogens (tertiary/aromatic N) is 3. The summed E-state index contributed by atoms with van der Waals surface area (Å²) in [5.74, 6) is 5.56. The van der Waals surface area contributed by atoms with Crippen molar-refractivity contribution in [1.29, 1.82) is 0 Å². The summed E-state index contributed by atoms with van der Waals surface area (Å²) in [6.45, 7) is 1.99. The van der Waals surface area contributed by atoms with Crippen molar-refractivity contribution in [2.24, 2.45) is 12.9 Å². The minimum atomic E-state index is 0.0687. The first-order valence-electron chi connectivity index (χ1n) is 5.04. The van der Waals surface area contributed by atoms with Crippen LogP contribution in [-0.2, 0) is 13.5 Å². The molecule has 2 rings (SSSR count). The van der Waals surface area contributed by atoms with Crippen LogP contribution < -0.4 is 11.3 Å². The van der Waals surface area contributed by atoms with Crippen LogP contribution in [0.4, 0.5) is 0 Å². The van der Waals surface area contributed by atoms with Crippen molar-refractivity contribution in [2.75, 3.05) is 0 Å². The van der Waals surface area contributed by atoms with Gasteiger partial charge in [-0.2, -0.15) is 5.10 Å². The fourth-order valence-corrected chi connectivity index (χ4v) is 2.38. The van der Waals surface area contributed by atoms with E-state index in [1.54, 1.807) is 16.0 Å². The SMILES string of the molecule is Cc1csc(CC(NN)c2cnn(C)c2)n1. The molecule has 2 aromatic rings. The summed E-state index contributed by atoms with van der Waals surface area (Å²) < 4.78 is 1.77. The highest BCUT2D eigenvalue weighted by atomic mass is 32.1. The Hall–Kier alpha value is -1.24. The van der Waals surface area contributed by atoms with Crippen molar-refractivity contribution in [3.8, 4) is 0 Å². The molecular formula is C10H15N5S. The molecule has 0 saturated heterocycles. The van der Waals surface area contributed by atoms with Crippen LogP contribution in [0, 0.1) is 6.92 Å². The van der Waals surface area contributed by atoms with Crippen molar-refractivity contribution in [3.05, 3.63) is 34.0 Å². The van der Waals surface area contributed by atoms with Crippen LogP contribution in [-0.4, -0.2) is 14.8 Å².